The molecule has 0 saturated heterocycles. The molecular formula is C4H11NO10P2. The van der Waals surface area contributed by atoms with Crippen molar-refractivity contribution in [3.63, 3.8) is 0 Å². The summed E-state index contributed by atoms with van der Waals surface area (Å²) in [5.41, 5.74) is 0. The first-order chi connectivity index (χ1) is 7.55. The predicted octanol–water partition coefficient (Wildman–Crippen LogP) is -0.617. The topological polar surface area (TPSA) is 166 Å². The molecule has 0 bridgehead atoms. The van der Waals surface area contributed by atoms with E-state index in [2.05, 4.69) is 20.5 Å². The number of nitrogens with zero attached hydrogens (tertiary/aromatic N) is 1. The third kappa shape index (κ3) is 9.24. The third-order valence-corrected chi connectivity index (χ3v) is 2.13. The maximum atomic E-state index is 10.4. The lowest BCUT2D eigenvalue weighted by atomic mass is 10.7. The molecule has 0 atom stereocenters. The lowest BCUT2D eigenvalue weighted by Crippen LogP contribution is -2.28. The minimum Gasteiger partial charge on any atom is -0.322 e. The third-order valence-electron chi connectivity index (χ3n) is 1.22. The van der Waals surface area contributed by atoms with Crippen LogP contribution in [0.25, 0.3) is 0 Å². The molecule has 0 heterocycles. The van der Waals surface area contributed by atoms with E-state index in [1.165, 1.54) is 0 Å². The van der Waals surface area contributed by atoms with Crippen LogP contribution in [0.15, 0.2) is 12.5 Å². The van der Waals surface area contributed by atoms with Gasteiger partial charge in [-0.15, -0.1) is 0 Å². The van der Waals surface area contributed by atoms with E-state index in [-0.39, 0.29) is 0 Å². The first kappa shape index (κ1) is 16.5. The summed E-state index contributed by atoms with van der Waals surface area (Å²) in [4.78, 5) is 37.7. The van der Waals surface area contributed by atoms with Crippen LogP contribution in [0, 0.1) is 0 Å². The highest BCUT2D eigenvalue weighted by molar-refractivity contribution is 7.46. The van der Waals surface area contributed by atoms with Crippen LogP contribution in [0.3, 0.4) is 0 Å². The molecule has 0 rings (SSSR count). The van der Waals surface area contributed by atoms with Crippen LogP contribution in [0.5, 0.6) is 0 Å². The van der Waals surface area contributed by atoms with E-state index in [9.17, 15) is 9.13 Å². The minimum atomic E-state index is -4.80. The maximum absolute atomic E-state index is 10.4. The zero-order valence-electron chi connectivity index (χ0n) is 8.24. The Hall–Kier alpha value is -0.480. The number of rotatable bonds is 8. The molecule has 0 aliphatic heterocycles. The summed E-state index contributed by atoms with van der Waals surface area (Å²) in [5.74, 6) is -0.591. The molecule has 11 nitrogen and oxygen atoms in total. The van der Waals surface area contributed by atoms with Gasteiger partial charge in [0.1, 0.15) is 13.5 Å². The van der Waals surface area contributed by atoms with Crippen molar-refractivity contribution in [2.24, 2.45) is 0 Å². The number of phosphoric ester groups is 2. The monoisotopic (exact) mass is 295 g/mol. The molecule has 13 heteroatoms. The average molecular weight is 295 g/mol. The van der Waals surface area contributed by atoms with Crippen LogP contribution in [-0.4, -0.2) is 43.2 Å². The summed E-state index contributed by atoms with van der Waals surface area (Å²) in [6.45, 7) is 1.32. The number of hydrogen-bond acceptors (Lipinski definition) is 7. The van der Waals surface area contributed by atoms with Gasteiger partial charge in [0.2, 0.25) is 5.88 Å². The van der Waals surface area contributed by atoms with Crippen molar-refractivity contribution in [3.05, 3.63) is 12.5 Å². The van der Waals surface area contributed by atoms with Gasteiger partial charge < -0.3 is 24.5 Å². The number of phosphoric acid groups is 2. The van der Waals surface area contributed by atoms with E-state index in [1.54, 1.807) is 0 Å². The molecule has 102 valence electrons. The molecule has 0 aliphatic rings. The summed E-state index contributed by atoms with van der Waals surface area (Å²) >= 11 is 0. The van der Waals surface area contributed by atoms with E-state index in [1.807, 2.05) is 0 Å². The van der Waals surface area contributed by atoms with Gasteiger partial charge in [0.05, 0.1) is 0 Å². The average Bonchev–Trinajstić information content (AvgIpc) is 2.13. The second-order valence-corrected chi connectivity index (χ2v) is 5.00. The summed E-state index contributed by atoms with van der Waals surface area (Å²) < 4.78 is 28.7. The Bertz CT molecular complexity index is 318. The Kier molecular flexibility index (Phi) is 6.27. The molecule has 0 aromatic rings. The number of hydrogen-bond donors (Lipinski definition) is 5. The fraction of sp³-hybridized carbons (Fsp3) is 0.500. The van der Waals surface area contributed by atoms with Gasteiger partial charge in [-0.1, -0.05) is 0 Å². The summed E-state index contributed by atoms with van der Waals surface area (Å²) in [7, 11) is -9.61. The second-order valence-electron chi connectivity index (χ2n) is 2.52. The molecule has 0 aliphatic carbocycles. The molecule has 0 unspecified atom stereocenters. The van der Waals surface area contributed by atoms with Gasteiger partial charge in [-0.2, -0.15) is 0 Å². The molecule has 0 fully saturated rings. The molecule has 0 saturated carbocycles. The minimum absolute atomic E-state index is 0.582. The Balaban J connectivity index is 4.40. The Labute approximate surface area is 95.2 Å². The fourth-order valence-corrected chi connectivity index (χ4v) is 1.11. The van der Waals surface area contributed by atoms with Gasteiger partial charge in [-0.3, -0.25) is 13.9 Å². The highest BCUT2D eigenvalue weighted by atomic mass is 31.2. The summed E-state index contributed by atoms with van der Waals surface area (Å²) in [5, 5.41) is 8.22. The Morgan fingerprint density at radius 3 is 1.65 bits per heavy atom. The SMILES string of the molecule is C=C(OO)N(COP(=O)(O)O)COP(=O)(O)O. The van der Waals surface area contributed by atoms with Crippen LogP contribution >= 0.6 is 15.6 Å². The van der Waals surface area contributed by atoms with Gasteiger partial charge in [0.15, 0.2) is 0 Å². The molecular weight excluding hydrogens is 284 g/mol. The Morgan fingerprint density at radius 2 is 1.41 bits per heavy atom. The van der Waals surface area contributed by atoms with Gasteiger partial charge in [0, 0.05) is 0 Å². The van der Waals surface area contributed by atoms with Gasteiger partial charge in [-0.25, -0.2) is 14.4 Å². The van der Waals surface area contributed by atoms with Crippen molar-refractivity contribution in [1.82, 2.24) is 4.90 Å². The van der Waals surface area contributed by atoms with E-state index in [0.717, 1.165) is 0 Å². The summed E-state index contributed by atoms with van der Waals surface area (Å²) in [6.07, 6.45) is 0. The van der Waals surface area contributed by atoms with Crippen LogP contribution in [0.1, 0.15) is 0 Å². The molecule has 5 N–H and O–H groups in total. The van der Waals surface area contributed by atoms with Crippen LogP contribution in [0.2, 0.25) is 0 Å². The van der Waals surface area contributed by atoms with Crippen LogP contribution in [-0.2, 0) is 23.1 Å². The quantitative estimate of drug-likeness (QED) is 0.127. The highest BCUT2D eigenvalue weighted by Gasteiger charge is 2.22. The van der Waals surface area contributed by atoms with Crippen molar-refractivity contribution >= 4 is 15.6 Å². The maximum Gasteiger partial charge on any atom is 0.471 e. The largest absolute Gasteiger partial charge is 0.471 e. The van der Waals surface area contributed by atoms with Crippen LogP contribution in [0.4, 0.5) is 0 Å². The molecule has 0 aromatic carbocycles. The van der Waals surface area contributed by atoms with E-state index in [0.29, 0.717) is 4.90 Å². The van der Waals surface area contributed by atoms with Crippen molar-refractivity contribution < 1.29 is 47.9 Å². The molecule has 0 radical (unpaired) electrons. The summed E-state index contributed by atoms with van der Waals surface area (Å²) in [6, 6.07) is 0. The molecule has 0 spiro atoms. The lowest BCUT2D eigenvalue weighted by molar-refractivity contribution is -0.231. The smallest absolute Gasteiger partial charge is 0.322 e. The van der Waals surface area contributed by atoms with Gasteiger partial charge in [0.25, 0.3) is 0 Å². The predicted molar refractivity (Wildman–Crippen MR) is 50.7 cm³/mol. The normalized spacial score (nSPS) is 12.3. The van der Waals surface area contributed by atoms with Crippen LogP contribution < -0.4 is 0 Å². The first-order valence-electron chi connectivity index (χ1n) is 3.70. The van der Waals surface area contributed by atoms with E-state index < -0.39 is 35.0 Å². The van der Waals surface area contributed by atoms with Crippen molar-refractivity contribution in [3.8, 4) is 0 Å². The fourth-order valence-electron chi connectivity index (χ4n) is 0.529. The zero-order chi connectivity index (χ0) is 13.7. The standard InChI is InChI=1S/C4H11NO10P2/c1-4(15-6)5(2-13-16(7,8)9)3-14-17(10,11)12/h6H,1-3H2,(H2,7,8,9)(H2,10,11,12). The molecule has 17 heavy (non-hydrogen) atoms. The van der Waals surface area contributed by atoms with Crippen molar-refractivity contribution in [2.45, 2.75) is 0 Å². The van der Waals surface area contributed by atoms with E-state index in [4.69, 9.17) is 24.8 Å². The second kappa shape index (κ2) is 6.45. The van der Waals surface area contributed by atoms with E-state index >= 15 is 0 Å². The van der Waals surface area contributed by atoms with Gasteiger partial charge in [-0.05, 0) is 6.58 Å². The van der Waals surface area contributed by atoms with Crippen molar-refractivity contribution in [2.75, 3.05) is 13.5 Å². The Morgan fingerprint density at radius 1 is 1.06 bits per heavy atom. The zero-order valence-corrected chi connectivity index (χ0v) is 10.0. The van der Waals surface area contributed by atoms with Crippen molar-refractivity contribution in [1.29, 1.82) is 0 Å². The van der Waals surface area contributed by atoms with Gasteiger partial charge >= 0.3 is 15.6 Å². The molecule has 0 amide bonds. The lowest BCUT2D eigenvalue weighted by Gasteiger charge is -2.23. The first-order valence-corrected chi connectivity index (χ1v) is 6.76. The molecule has 0 aromatic heterocycles. The highest BCUT2D eigenvalue weighted by Crippen LogP contribution is 2.38.